The Kier molecular flexibility index (Phi) is 4.24. The molecule has 0 aliphatic carbocycles. The lowest BCUT2D eigenvalue weighted by Crippen LogP contribution is -2.28. The van der Waals surface area contributed by atoms with Gasteiger partial charge in [-0.15, -0.1) is 0 Å². The average Bonchev–Trinajstić information content (AvgIpc) is 2.17. The van der Waals surface area contributed by atoms with Crippen LogP contribution in [0.1, 0.15) is 31.1 Å². The number of aromatic carboxylic acids is 1. The minimum Gasteiger partial charge on any atom is -0.478 e. The Morgan fingerprint density at radius 3 is 2.56 bits per heavy atom. The van der Waals surface area contributed by atoms with E-state index in [9.17, 15) is 9.59 Å². The second-order valence-electron chi connectivity index (χ2n) is 4.59. The number of carboxylic acids is 1. The van der Waals surface area contributed by atoms with E-state index < -0.39 is 17.7 Å². The molecule has 1 aromatic heterocycles. The quantitative estimate of drug-likeness (QED) is 0.797. The fourth-order valence-corrected chi connectivity index (χ4v) is 1.40. The summed E-state index contributed by atoms with van der Waals surface area (Å²) in [6.45, 7) is 5.15. The van der Waals surface area contributed by atoms with E-state index in [2.05, 4.69) is 19.5 Å². The third-order valence-electron chi connectivity index (χ3n) is 1.79. The van der Waals surface area contributed by atoms with Crippen molar-refractivity contribution in [1.82, 2.24) is 4.98 Å². The Morgan fingerprint density at radius 1 is 1.44 bits per heavy atom. The Labute approximate surface area is 107 Å². The van der Waals surface area contributed by atoms with Gasteiger partial charge < -0.3 is 9.84 Å². The Bertz CT molecular complexity index is 482. The van der Waals surface area contributed by atoms with Crippen LogP contribution in [0.4, 0.5) is 10.5 Å². The molecule has 1 unspecified atom stereocenters. The lowest BCUT2D eigenvalue weighted by molar-refractivity contribution is 0.0636. The molecule has 1 aromatic rings. The number of hydrogen-bond donors (Lipinski definition) is 2. The third-order valence-corrected chi connectivity index (χ3v) is 2.11. The maximum atomic E-state index is 11.5. The highest BCUT2D eigenvalue weighted by molar-refractivity contribution is 7.26. The van der Waals surface area contributed by atoms with Gasteiger partial charge in [0.2, 0.25) is 0 Å². The summed E-state index contributed by atoms with van der Waals surface area (Å²) < 4.78 is 5.03. The molecule has 98 valence electrons. The topological polar surface area (TPSA) is 88.5 Å². The van der Waals surface area contributed by atoms with E-state index >= 15 is 0 Å². The Balaban J connectivity index is 2.91. The molecule has 0 radical (unpaired) electrons. The van der Waals surface area contributed by atoms with Gasteiger partial charge in [-0.3, -0.25) is 10.3 Å². The number of nitrogens with zero attached hydrogens (tertiary/aromatic N) is 1. The molecule has 0 fully saturated rings. The van der Waals surface area contributed by atoms with Gasteiger partial charge in [0, 0.05) is 0 Å². The zero-order chi connectivity index (χ0) is 13.9. The minimum absolute atomic E-state index is 0.0409. The van der Waals surface area contributed by atoms with E-state index in [0.717, 1.165) is 0 Å². The third kappa shape index (κ3) is 4.30. The smallest absolute Gasteiger partial charge is 0.412 e. The molecular weight excluding hydrogens is 255 g/mol. The molecule has 2 N–H and O–H groups in total. The van der Waals surface area contributed by atoms with Crippen molar-refractivity contribution in [2.75, 3.05) is 5.32 Å². The highest BCUT2D eigenvalue weighted by Crippen LogP contribution is 2.15. The van der Waals surface area contributed by atoms with Crippen LogP contribution in [-0.2, 0) is 4.74 Å². The minimum atomic E-state index is -1.15. The van der Waals surface area contributed by atoms with Crippen LogP contribution in [-0.4, -0.2) is 27.8 Å². The van der Waals surface area contributed by atoms with Gasteiger partial charge in [0.15, 0.2) is 0 Å². The molecule has 1 atom stereocenters. The highest BCUT2D eigenvalue weighted by Gasteiger charge is 2.19. The average molecular weight is 270 g/mol. The number of hydrogen-bond acceptors (Lipinski definition) is 4. The first-order valence-corrected chi connectivity index (χ1v) is 5.75. The fourth-order valence-electron chi connectivity index (χ4n) is 1.16. The highest BCUT2D eigenvalue weighted by atomic mass is 31.0. The Hall–Kier alpha value is -1.68. The van der Waals surface area contributed by atoms with Crippen LogP contribution in [0.3, 0.4) is 0 Å². The molecular formula is C11H15N2O4P. The first-order valence-electron chi connectivity index (χ1n) is 5.18. The SMILES string of the molecule is CC(C)(C)OC(=O)Nc1cnc(P)cc1C(=O)O. The number of pyridine rings is 1. The van der Waals surface area contributed by atoms with Gasteiger partial charge in [0.05, 0.1) is 22.9 Å². The van der Waals surface area contributed by atoms with Gasteiger partial charge in [-0.1, -0.05) is 9.24 Å². The van der Waals surface area contributed by atoms with Crippen LogP contribution < -0.4 is 10.8 Å². The number of anilines is 1. The summed E-state index contributed by atoms with van der Waals surface area (Å²) in [5.74, 6) is -1.15. The number of carbonyl (C=O) groups is 2. The number of carbonyl (C=O) groups excluding carboxylic acids is 1. The van der Waals surface area contributed by atoms with Crippen LogP contribution in [0.25, 0.3) is 0 Å². The van der Waals surface area contributed by atoms with Crippen molar-refractivity contribution < 1.29 is 19.4 Å². The summed E-state index contributed by atoms with van der Waals surface area (Å²) >= 11 is 0. The zero-order valence-electron chi connectivity index (χ0n) is 10.4. The van der Waals surface area contributed by atoms with Gasteiger partial charge in [-0.25, -0.2) is 9.59 Å². The van der Waals surface area contributed by atoms with Crippen LogP contribution in [0.2, 0.25) is 0 Å². The van der Waals surface area contributed by atoms with Crippen LogP contribution in [0.15, 0.2) is 12.3 Å². The van der Waals surface area contributed by atoms with Gasteiger partial charge in [0.1, 0.15) is 5.60 Å². The predicted octanol–water partition coefficient (Wildman–Crippen LogP) is 1.63. The van der Waals surface area contributed by atoms with Crippen LogP contribution in [0, 0.1) is 0 Å². The number of carboxylic acid groups (broad SMARTS) is 1. The summed E-state index contributed by atoms with van der Waals surface area (Å²) in [6.07, 6.45) is 0.554. The molecule has 0 spiro atoms. The lowest BCUT2D eigenvalue weighted by Gasteiger charge is -2.20. The van der Waals surface area contributed by atoms with Gasteiger partial charge in [-0.2, -0.15) is 0 Å². The van der Waals surface area contributed by atoms with Crippen molar-refractivity contribution in [1.29, 1.82) is 0 Å². The number of aromatic nitrogens is 1. The summed E-state index contributed by atoms with van der Waals surface area (Å²) in [6, 6.07) is 1.35. The van der Waals surface area contributed by atoms with E-state index in [1.165, 1.54) is 12.3 Å². The fraction of sp³-hybridized carbons (Fsp3) is 0.364. The zero-order valence-corrected chi connectivity index (χ0v) is 11.5. The van der Waals surface area contributed by atoms with Crippen molar-refractivity contribution in [2.45, 2.75) is 26.4 Å². The van der Waals surface area contributed by atoms with Crippen LogP contribution in [0.5, 0.6) is 0 Å². The monoisotopic (exact) mass is 270 g/mol. The van der Waals surface area contributed by atoms with E-state index in [1.54, 1.807) is 20.8 Å². The Morgan fingerprint density at radius 2 is 2.06 bits per heavy atom. The molecule has 6 nitrogen and oxygen atoms in total. The normalized spacial score (nSPS) is 10.9. The maximum absolute atomic E-state index is 11.5. The number of rotatable bonds is 2. The summed E-state index contributed by atoms with van der Waals surface area (Å²) in [5, 5.41) is 11.4. The van der Waals surface area contributed by atoms with Crippen molar-refractivity contribution in [3.63, 3.8) is 0 Å². The van der Waals surface area contributed by atoms with E-state index in [1.807, 2.05) is 0 Å². The van der Waals surface area contributed by atoms with Crippen molar-refractivity contribution in [3.05, 3.63) is 17.8 Å². The largest absolute Gasteiger partial charge is 0.478 e. The molecule has 0 aliphatic rings. The second-order valence-corrected chi connectivity index (χ2v) is 5.18. The summed E-state index contributed by atoms with van der Waals surface area (Å²) in [5.41, 5.74) is -0.118. The molecule has 0 saturated heterocycles. The standard InChI is InChI=1S/C11H15N2O4P/c1-11(2,3)17-10(16)13-7-5-12-8(18)4-6(7)9(14)15/h4-5H,18H2,1-3H3,(H,13,16)(H,14,15). The molecule has 1 heterocycles. The van der Waals surface area contributed by atoms with Crippen LogP contribution >= 0.6 is 9.24 Å². The van der Waals surface area contributed by atoms with Gasteiger partial charge in [0.25, 0.3) is 0 Å². The molecule has 0 bridgehead atoms. The van der Waals surface area contributed by atoms with Crippen molar-refractivity contribution >= 4 is 32.4 Å². The van der Waals surface area contributed by atoms with Gasteiger partial charge in [-0.05, 0) is 26.8 Å². The molecule has 0 aliphatic heterocycles. The molecule has 0 aromatic carbocycles. The number of ether oxygens (including phenoxy) is 1. The number of amides is 1. The first kappa shape index (κ1) is 14.4. The van der Waals surface area contributed by atoms with Gasteiger partial charge >= 0.3 is 12.1 Å². The van der Waals surface area contributed by atoms with Crippen molar-refractivity contribution in [3.8, 4) is 0 Å². The molecule has 18 heavy (non-hydrogen) atoms. The molecule has 1 amide bonds. The second kappa shape index (κ2) is 5.31. The molecule has 1 rings (SSSR count). The molecule has 7 heteroatoms. The summed E-state index contributed by atoms with van der Waals surface area (Å²) in [7, 11) is 2.29. The van der Waals surface area contributed by atoms with E-state index in [-0.39, 0.29) is 11.3 Å². The number of nitrogens with one attached hydrogen (secondary N) is 1. The summed E-state index contributed by atoms with van der Waals surface area (Å²) in [4.78, 5) is 26.4. The first-order chi connectivity index (χ1) is 8.19. The predicted molar refractivity (Wildman–Crippen MR) is 70.4 cm³/mol. The van der Waals surface area contributed by atoms with Crippen molar-refractivity contribution in [2.24, 2.45) is 0 Å². The van der Waals surface area contributed by atoms with E-state index in [0.29, 0.717) is 5.44 Å². The maximum Gasteiger partial charge on any atom is 0.412 e. The van der Waals surface area contributed by atoms with E-state index in [4.69, 9.17) is 9.84 Å². The lowest BCUT2D eigenvalue weighted by atomic mass is 10.2. The molecule has 0 saturated carbocycles.